The lowest BCUT2D eigenvalue weighted by Gasteiger charge is -2.46. The van der Waals surface area contributed by atoms with Crippen LogP contribution in [0.3, 0.4) is 0 Å². The molecule has 0 aromatic rings. The van der Waals surface area contributed by atoms with E-state index in [0.717, 1.165) is 44.9 Å². The maximum Gasteiger partial charge on any atom is 0.220 e. The smallest absolute Gasteiger partial charge is 0.220 e. The summed E-state index contributed by atoms with van der Waals surface area (Å²) in [5.74, 6) is -0.247. The van der Waals surface area contributed by atoms with E-state index in [1.54, 1.807) is 6.08 Å². The van der Waals surface area contributed by atoms with Gasteiger partial charge in [0.25, 0.3) is 0 Å². The molecule has 2 fully saturated rings. The van der Waals surface area contributed by atoms with Crippen LogP contribution in [-0.2, 0) is 23.7 Å². The number of hydrogen-bond donors (Lipinski definition) is 9. The molecule has 9 N–H and O–H groups in total. The molecule has 0 aromatic carbocycles. The van der Waals surface area contributed by atoms with E-state index in [1.807, 2.05) is 6.08 Å². The van der Waals surface area contributed by atoms with E-state index in [9.17, 15) is 45.6 Å². The first-order chi connectivity index (χ1) is 41.6. The van der Waals surface area contributed by atoms with Crippen molar-refractivity contribution in [1.82, 2.24) is 5.32 Å². The van der Waals surface area contributed by atoms with E-state index >= 15 is 0 Å². The van der Waals surface area contributed by atoms with Gasteiger partial charge in [-0.05, 0) is 44.9 Å². The van der Waals surface area contributed by atoms with E-state index in [0.29, 0.717) is 12.8 Å². The zero-order valence-electron chi connectivity index (χ0n) is 54.4. The topological polar surface area (TPSA) is 228 Å². The second kappa shape index (κ2) is 56.2. The Bertz CT molecular complexity index is 1560. The molecule has 0 saturated carbocycles. The molecule has 2 aliphatic heterocycles. The van der Waals surface area contributed by atoms with Gasteiger partial charge < -0.3 is 65.1 Å². The largest absolute Gasteiger partial charge is 0.394 e. The van der Waals surface area contributed by atoms with Crippen LogP contribution in [0.5, 0.6) is 0 Å². The number of ether oxygens (including phenoxy) is 4. The number of nitrogens with one attached hydrogen (secondary N) is 1. The van der Waals surface area contributed by atoms with Crippen LogP contribution in [0.15, 0.2) is 36.5 Å². The molecule has 12 atom stereocenters. The van der Waals surface area contributed by atoms with Gasteiger partial charge in [0.15, 0.2) is 12.6 Å². The third-order valence-corrected chi connectivity index (χ3v) is 17.6. The van der Waals surface area contributed by atoms with Crippen molar-refractivity contribution in [3.63, 3.8) is 0 Å². The van der Waals surface area contributed by atoms with Crippen molar-refractivity contribution in [3.8, 4) is 0 Å². The van der Waals surface area contributed by atoms with Gasteiger partial charge in [-0.3, -0.25) is 4.79 Å². The van der Waals surface area contributed by atoms with Crippen molar-refractivity contribution in [1.29, 1.82) is 0 Å². The summed E-state index contributed by atoms with van der Waals surface area (Å²) in [5.41, 5.74) is 0. The Morgan fingerprint density at radius 1 is 0.412 bits per heavy atom. The highest BCUT2D eigenvalue weighted by atomic mass is 16.7. The molecule has 500 valence electrons. The van der Waals surface area contributed by atoms with Crippen molar-refractivity contribution in [2.45, 2.75) is 389 Å². The molecule has 0 radical (unpaired) electrons. The highest BCUT2D eigenvalue weighted by Gasteiger charge is 2.51. The molecule has 2 rings (SSSR count). The van der Waals surface area contributed by atoms with Crippen LogP contribution in [0.1, 0.15) is 316 Å². The summed E-state index contributed by atoms with van der Waals surface area (Å²) >= 11 is 0. The molecule has 1 amide bonds. The summed E-state index contributed by atoms with van der Waals surface area (Å²) in [7, 11) is 0. The summed E-state index contributed by atoms with van der Waals surface area (Å²) in [5, 5.41) is 87.4. The lowest BCUT2D eigenvalue weighted by atomic mass is 9.97. The highest BCUT2D eigenvalue weighted by molar-refractivity contribution is 5.76. The van der Waals surface area contributed by atoms with Crippen LogP contribution in [0.2, 0.25) is 0 Å². The number of aliphatic hydroxyl groups is 8. The third kappa shape index (κ3) is 40.5. The second-order valence-electron chi connectivity index (χ2n) is 25.4. The highest BCUT2D eigenvalue weighted by Crippen LogP contribution is 2.30. The van der Waals surface area contributed by atoms with Gasteiger partial charge in [0.05, 0.1) is 32.0 Å². The Balaban J connectivity index is 1.70. The van der Waals surface area contributed by atoms with Crippen molar-refractivity contribution in [3.05, 3.63) is 36.5 Å². The normalized spacial score (nSPS) is 23.7. The fourth-order valence-corrected chi connectivity index (χ4v) is 11.9. The average molecular weight is 1210 g/mol. The molecule has 12 unspecified atom stereocenters. The lowest BCUT2D eigenvalue weighted by molar-refractivity contribution is -0.359. The van der Waals surface area contributed by atoms with Gasteiger partial charge >= 0.3 is 0 Å². The Hall–Kier alpha value is -1.79. The van der Waals surface area contributed by atoms with Gasteiger partial charge in [-0.2, -0.15) is 0 Å². The van der Waals surface area contributed by atoms with Crippen LogP contribution < -0.4 is 5.32 Å². The maximum absolute atomic E-state index is 13.3. The maximum atomic E-state index is 13.3. The minimum Gasteiger partial charge on any atom is -0.394 e. The van der Waals surface area contributed by atoms with Gasteiger partial charge in [-0.15, -0.1) is 0 Å². The minimum absolute atomic E-state index is 0.247. The van der Waals surface area contributed by atoms with Crippen LogP contribution in [0.4, 0.5) is 0 Å². The number of unbranched alkanes of at least 4 members (excludes halogenated alkanes) is 42. The number of allylic oxidation sites excluding steroid dienone is 5. The van der Waals surface area contributed by atoms with Gasteiger partial charge in [0.1, 0.15) is 48.8 Å². The third-order valence-electron chi connectivity index (χ3n) is 17.6. The van der Waals surface area contributed by atoms with Crippen LogP contribution in [0, 0.1) is 0 Å². The molecule has 2 aliphatic rings. The van der Waals surface area contributed by atoms with Crippen molar-refractivity contribution in [2.24, 2.45) is 0 Å². The number of hydrogen-bond acceptors (Lipinski definition) is 13. The van der Waals surface area contributed by atoms with E-state index in [-0.39, 0.29) is 18.9 Å². The van der Waals surface area contributed by atoms with Crippen LogP contribution in [0.25, 0.3) is 0 Å². The molecular weight excluding hydrogens is 1070 g/mol. The fraction of sp³-hybridized carbons (Fsp3) is 0.901. The molecule has 0 bridgehead atoms. The lowest BCUT2D eigenvalue weighted by Crippen LogP contribution is -2.65. The number of carbonyl (C=O) groups is 1. The van der Waals surface area contributed by atoms with Crippen LogP contribution >= 0.6 is 0 Å². The Kier molecular flexibility index (Phi) is 52.4. The van der Waals surface area contributed by atoms with Crippen molar-refractivity contribution >= 4 is 5.91 Å². The molecule has 0 spiro atoms. The predicted molar refractivity (Wildman–Crippen MR) is 346 cm³/mol. The van der Waals surface area contributed by atoms with Crippen LogP contribution in [-0.4, -0.2) is 140 Å². The predicted octanol–water partition coefficient (Wildman–Crippen LogP) is 14.5. The fourth-order valence-electron chi connectivity index (χ4n) is 11.9. The van der Waals surface area contributed by atoms with E-state index in [1.165, 1.54) is 238 Å². The second-order valence-corrected chi connectivity index (χ2v) is 25.4. The van der Waals surface area contributed by atoms with Crippen molar-refractivity contribution < 1.29 is 64.6 Å². The zero-order chi connectivity index (χ0) is 61.6. The molecule has 2 heterocycles. The molecule has 14 nitrogen and oxygen atoms in total. The van der Waals surface area contributed by atoms with Crippen molar-refractivity contribution in [2.75, 3.05) is 19.8 Å². The SMILES string of the molecule is CCCCCCCCCCCCCCCCCCC/C=C/CC/C=C/CC/C=C/C(O)C(COC1OC(CO)C(OC2OC(CO)C(O)C(O)C2O)C(O)C1O)NC(=O)CCCCCCCCCCCCCCCCCCCCCCCCCC. The molecule has 14 heteroatoms. The Morgan fingerprint density at radius 2 is 0.753 bits per heavy atom. The Labute approximate surface area is 519 Å². The summed E-state index contributed by atoms with van der Waals surface area (Å²) in [6.45, 7) is 2.83. The average Bonchev–Trinajstić information content (AvgIpc) is 3.69. The summed E-state index contributed by atoms with van der Waals surface area (Å²) < 4.78 is 22.8. The number of rotatable bonds is 59. The minimum atomic E-state index is -1.79. The van der Waals surface area contributed by atoms with Gasteiger partial charge in [-0.25, -0.2) is 0 Å². The number of carbonyl (C=O) groups excluding carboxylic acids is 1. The Morgan fingerprint density at radius 3 is 1.15 bits per heavy atom. The first-order valence-electron chi connectivity index (χ1n) is 35.7. The number of amides is 1. The molecular formula is C71H133NO13. The molecule has 85 heavy (non-hydrogen) atoms. The monoisotopic (exact) mass is 1210 g/mol. The van der Waals surface area contributed by atoms with E-state index in [4.69, 9.17) is 18.9 Å². The van der Waals surface area contributed by atoms with Gasteiger partial charge in [0, 0.05) is 6.42 Å². The van der Waals surface area contributed by atoms with E-state index in [2.05, 4.69) is 43.5 Å². The molecule has 0 aromatic heterocycles. The quantitative estimate of drug-likeness (QED) is 0.0204. The summed E-state index contributed by atoms with van der Waals surface area (Å²) in [4.78, 5) is 13.3. The summed E-state index contributed by atoms with van der Waals surface area (Å²) in [6, 6.07) is -0.937. The molecule has 0 aliphatic carbocycles. The first kappa shape index (κ1) is 79.3. The van der Waals surface area contributed by atoms with E-state index < -0.39 is 86.8 Å². The zero-order valence-corrected chi connectivity index (χ0v) is 54.4. The summed E-state index contributed by atoms with van der Waals surface area (Å²) in [6.07, 6.45) is 54.9. The first-order valence-corrected chi connectivity index (χ1v) is 35.7. The van der Waals surface area contributed by atoms with Gasteiger partial charge in [-0.1, -0.05) is 301 Å². The number of aliphatic hydroxyl groups excluding tert-OH is 8. The molecule has 2 saturated heterocycles. The van der Waals surface area contributed by atoms with Gasteiger partial charge in [0.2, 0.25) is 5.91 Å². The standard InChI is InChI=1S/C71H133NO13/c1-3-5-7-9-11-13-15-17-19-21-23-25-27-29-30-31-32-34-36-38-40-42-44-46-48-50-52-54-60(75)59(58-82-70-68(81)66(79)69(62(57-74)84-70)85-71-67(80)65(78)64(77)61(56-73)83-71)72-63(76)55-53-51-49-47-45-43-41-39-37-35-33-28-26-24-22-20-18-16-14-12-10-8-6-4-2/h36,38,44,46,52,54,59-62,64-71,73-75,77-81H,3-35,37,39-43,45,47-51,53,55-58H2,1-2H3,(H,72,76)/b38-36+,46-44+,54-52+.